The van der Waals surface area contributed by atoms with Gasteiger partial charge < -0.3 is 0 Å². The van der Waals surface area contributed by atoms with Crippen molar-refractivity contribution in [2.45, 2.75) is 6.92 Å². The summed E-state index contributed by atoms with van der Waals surface area (Å²) in [6, 6.07) is 21.2. The van der Waals surface area contributed by atoms with Crippen molar-refractivity contribution in [3.05, 3.63) is 76.5 Å². The van der Waals surface area contributed by atoms with Crippen LogP contribution in [0.3, 0.4) is 0 Å². The quantitative estimate of drug-likeness (QED) is 0.304. The van der Waals surface area contributed by atoms with Gasteiger partial charge >= 0.3 is 0 Å². The van der Waals surface area contributed by atoms with Crippen LogP contribution in [0.25, 0.3) is 41.7 Å². The molecule has 0 bridgehead atoms. The van der Waals surface area contributed by atoms with Crippen LogP contribution in [0.5, 0.6) is 0 Å². The van der Waals surface area contributed by atoms with E-state index in [0.29, 0.717) is 0 Å². The summed E-state index contributed by atoms with van der Waals surface area (Å²) in [5.41, 5.74) is 2.52. The molecule has 5 aromatic rings. The Hall–Kier alpha value is -2.65. The Morgan fingerprint density at radius 1 is 0.760 bits per heavy atom. The SMILES string of the molecule is Bc1cccc2cc3cc4sc5ccc(C)cc5c(=O)c4cc3cc12. The zero-order valence-electron chi connectivity index (χ0n) is 14.1. The van der Waals surface area contributed by atoms with E-state index >= 15 is 0 Å². The first kappa shape index (κ1) is 14.7. The predicted octanol–water partition coefficient (Wildman–Crippen LogP) is 4.29. The van der Waals surface area contributed by atoms with Gasteiger partial charge in [0.15, 0.2) is 5.43 Å². The zero-order valence-corrected chi connectivity index (χ0v) is 14.9. The van der Waals surface area contributed by atoms with Gasteiger partial charge in [0, 0.05) is 20.2 Å². The summed E-state index contributed by atoms with van der Waals surface area (Å²) in [6.07, 6.45) is 0. The minimum atomic E-state index is 0.138. The molecule has 0 amide bonds. The van der Waals surface area contributed by atoms with Crippen LogP contribution in [0.2, 0.25) is 0 Å². The lowest BCUT2D eigenvalue weighted by atomic mass is 9.89. The molecule has 0 spiro atoms. The first-order valence-electron chi connectivity index (χ1n) is 8.40. The summed E-state index contributed by atoms with van der Waals surface area (Å²) in [5.74, 6) is 0. The van der Waals surface area contributed by atoms with Crippen molar-refractivity contribution in [2.75, 3.05) is 0 Å². The Kier molecular flexibility index (Phi) is 3.04. The second-order valence-corrected chi connectivity index (χ2v) is 7.86. The fourth-order valence-corrected chi connectivity index (χ4v) is 4.73. The monoisotopic (exact) mass is 338 g/mol. The molecule has 25 heavy (non-hydrogen) atoms. The molecule has 3 heteroatoms. The summed E-state index contributed by atoms with van der Waals surface area (Å²) in [5, 5.41) is 6.47. The molecule has 0 saturated carbocycles. The van der Waals surface area contributed by atoms with E-state index in [1.165, 1.54) is 21.6 Å². The van der Waals surface area contributed by atoms with Crippen LogP contribution >= 0.6 is 11.3 Å². The molecule has 0 atom stereocenters. The molecule has 4 aromatic carbocycles. The molecular formula is C22H15BOS. The summed E-state index contributed by atoms with van der Waals surface area (Å²) >= 11 is 1.70. The molecule has 5 rings (SSSR count). The van der Waals surface area contributed by atoms with Gasteiger partial charge in [0.2, 0.25) is 0 Å². The van der Waals surface area contributed by atoms with Crippen molar-refractivity contribution in [1.29, 1.82) is 0 Å². The molecule has 1 nitrogen and oxygen atoms in total. The molecule has 118 valence electrons. The van der Waals surface area contributed by atoms with Gasteiger partial charge in [-0.3, -0.25) is 4.79 Å². The largest absolute Gasteiger partial charge is 0.289 e. The number of hydrogen-bond donors (Lipinski definition) is 0. The van der Waals surface area contributed by atoms with Gasteiger partial charge in [-0.15, -0.1) is 11.3 Å². The van der Waals surface area contributed by atoms with E-state index in [1.807, 2.05) is 13.0 Å². The van der Waals surface area contributed by atoms with Crippen LogP contribution < -0.4 is 10.9 Å². The maximum absolute atomic E-state index is 13.0. The van der Waals surface area contributed by atoms with E-state index in [-0.39, 0.29) is 5.43 Å². The fourth-order valence-electron chi connectivity index (χ4n) is 3.65. The highest BCUT2D eigenvalue weighted by molar-refractivity contribution is 7.24. The van der Waals surface area contributed by atoms with Crippen LogP contribution in [0.15, 0.2) is 65.5 Å². The van der Waals surface area contributed by atoms with E-state index < -0.39 is 0 Å². The standard InChI is InChI=1S/C22H15BOS/c1-12-5-6-20-17(7-12)22(24)18-10-15-9-16-13(3-2-4-19(16)23)8-14(15)11-21(18)25-20/h2-11H,23H2,1H3. The Morgan fingerprint density at radius 2 is 1.52 bits per heavy atom. The summed E-state index contributed by atoms with van der Waals surface area (Å²) < 4.78 is 2.11. The number of rotatable bonds is 0. The molecule has 1 aromatic heterocycles. The van der Waals surface area contributed by atoms with Gasteiger partial charge in [0.1, 0.15) is 7.85 Å². The van der Waals surface area contributed by atoms with Gasteiger partial charge in [-0.2, -0.15) is 0 Å². The number of benzene rings is 4. The normalized spacial score (nSPS) is 11.7. The maximum atomic E-state index is 13.0. The van der Waals surface area contributed by atoms with Gasteiger partial charge in [0.25, 0.3) is 0 Å². The molecule has 0 fully saturated rings. The summed E-state index contributed by atoms with van der Waals surface area (Å²) in [4.78, 5) is 13.0. The lowest BCUT2D eigenvalue weighted by Crippen LogP contribution is -2.03. The Balaban J connectivity index is 1.96. The first-order valence-corrected chi connectivity index (χ1v) is 9.22. The predicted molar refractivity (Wildman–Crippen MR) is 114 cm³/mol. The molecule has 0 N–H and O–H groups in total. The third kappa shape index (κ3) is 2.20. The van der Waals surface area contributed by atoms with Gasteiger partial charge in [-0.1, -0.05) is 35.3 Å². The Morgan fingerprint density at radius 3 is 2.40 bits per heavy atom. The molecule has 0 aliphatic heterocycles. The van der Waals surface area contributed by atoms with Crippen LogP contribution in [-0.4, -0.2) is 7.85 Å². The fraction of sp³-hybridized carbons (Fsp3) is 0.0455. The minimum absolute atomic E-state index is 0.138. The van der Waals surface area contributed by atoms with Gasteiger partial charge in [-0.25, -0.2) is 0 Å². The second-order valence-electron chi connectivity index (χ2n) is 6.77. The molecule has 0 unspecified atom stereocenters. The Labute approximate surface area is 149 Å². The molecule has 0 saturated heterocycles. The van der Waals surface area contributed by atoms with Crippen molar-refractivity contribution < 1.29 is 0 Å². The first-order chi connectivity index (χ1) is 12.1. The Bertz CT molecular complexity index is 1380. The van der Waals surface area contributed by atoms with Crippen LogP contribution in [0.4, 0.5) is 0 Å². The number of fused-ring (bicyclic) bond motifs is 4. The number of hydrogen-bond acceptors (Lipinski definition) is 2. The van der Waals surface area contributed by atoms with Crippen molar-refractivity contribution in [3.63, 3.8) is 0 Å². The van der Waals surface area contributed by atoms with Crippen LogP contribution in [0, 0.1) is 6.92 Å². The highest BCUT2D eigenvalue weighted by Gasteiger charge is 2.09. The summed E-state index contributed by atoms with van der Waals surface area (Å²) in [6.45, 7) is 2.03. The minimum Gasteiger partial charge on any atom is -0.289 e. The number of aryl methyl sites for hydroxylation is 1. The van der Waals surface area contributed by atoms with E-state index in [1.54, 1.807) is 11.3 Å². The van der Waals surface area contributed by atoms with E-state index in [9.17, 15) is 4.79 Å². The smallest absolute Gasteiger partial charge is 0.195 e. The zero-order chi connectivity index (χ0) is 17.1. The van der Waals surface area contributed by atoms with Gasteiger partial charge in [-0.05, 0) is 64.9 Å². The average molecular weight is 338 g/mol. The third-order valence-corrected chi connectivity index (χ3v) is 6.13. The van der Waals surface area contributed by atoms with E-state index in [2.05, 4.69) is 62.4 Å². The molecular weight excluding hydrogens is 323 g/mol. The average Bonchev–Trinajstić information content (AvgIpc) is 2.60. The highest BCUT2D eigenvalue weighted by Crippen LogP contribution is 2.30. The molecule has 0 aliphatic rings. The lowest BCUT2D eigenvalue weighted by molar-refractivity contribution is 1.51. The second kappa shape index (κ2) is 5.17. The summed E-state index contributed by atoms with van der Waals surface area (Å²) in [7, 11) is 2.13. The molecule has 0 radical (unpaired) electrons. The maximum Gasteiger partial charge on any atom is 0.195 e. The third-order valence-electron chi connectivity index (χ3n) is 5.00. The highest BCUT2D eigenvalue weighted by atomic mass is 32.1. The lowest BCUT2D eigenvalue weighted by Gasteiger charge is -2.08. The van der Waals surface area contributed by atoms with Crippen molar-refractivity contribution in [1.82, 2.24) is 0 Å². The van der Waals surface area contributed by atoms with Crippen LogP contribution in [-0.2, 0) is 0 Å². The van der Waals surface area contributed by atoms with Gasteiger partial charge in [0.05, 0.1) is 0 Å². The van der Waals surface area contributed by atoms with E-state index in [4.69, 9.17) is 0 Å². The van der Waals surface area contributed by atoms with E-state index in [0.717, 1.165) is 31.1 Å². The van der Waals surface area contributed by atoms with Crippen molar-refractivity contribution in [2.24, 2.45) is 0 Å². The topological polar surface area (TPSA) is 17.1 Å². The van der Waals surface area contributed by atoms with Crippen molar-refractivity contribution >= 4 is 66.4 Å². The van der Waals surface area contributed by atoms with Crippen molar-refractivity contribution in [3.8, 4) is 0 Å². The van der Waals surface area contributed by atoms with Crippen LogP contribution in [0.1, 0.15) is 5.56 Å². The molecule has 0 aliphatic carbocycles. The molecule has 1 heterocycles.